The van der Waals surface area contributed by atoms with Gasteiger partial charge in [0.15, 0.2) is 0 Å². The topological polar surface area (TPSA) is 59.3 Å². The number of nitrogens with zero attached hydrogens (tertiary/aromatic N) is 3. The monoisotopic (exact) mass is 280 g/mol. The Labute approximate surface area is 113 Å². The van der Waals surface area contributed by atoms with Gasteiger partial charge in [0.1, 0.15) is 16.5 Å². The molecule has 0 saturated carbocycles. The first kappa shape index (κ1) is 13.2. The quantitative estimate of drug-likeness (QED) is 0.691. The van der Waals surface area contributed by atoms with Crippen molar-refractivity contribution in [3.63, 3.8) is 0 Å². The van der Waals surface area contributed by atoms with Gasteiger partial charge in [-0.3, -0.25) is 10.2 Å². The highest BCUT2D eigenvalue weighted by molar-refractivity contribution is 6.32. The normalized spacial score (nSPS) is 10.9. The maximum absolute atomic E-state index is 12.7. The Kier molecular flexibility index (Phi) is 3.91. The molecule has 2 aromatic rings. The van der Waals surface area contributed by atoms with Crippen LogP contribution in [0.5, 0.6) is 0 Å². The van der Waals surface area contributed by atoms with Gasteiger partial charge in [0.25, 0.3) is 5.56 Å². The number of anilines is 1. The summed E-state index contributed by atoms with van der Waals surface area (Å²) in [5.74, 6) is -0.316. The molecule has 0 amide bonds. The minimum Gasteiger partial charge on any atom is -0.275 e. The van der Waals surface area contributed by atoms with E-state index in [2.05, 4.69) is 15.6 Å². The summed E-state index contributed by atoms with van der Waals surface area (Å²) in [4.78, 5) is 11.5. The van der Waals surface area contributed by atoms with Crippen LogP contribution in [-0.2, 0) is 7.05 Å². The Morgan fingerprint density at radius 2 is 2.11 bits per heavy atom. The minimum absolute atomic E-state index is 0.00811. The molecular weight excluding hydrogens is 271 g/mol. The number of aryl methyl sites for hydroxylation is 1. The lowest BCUT2D eigenvalue weighted by Gasteiger charge is -2.03. The van der Waals surface area contributed by atoms with Crippen molar-refractivity contribution in [2.75, 3.05) is 5.43 Å². The largest absolute Gasteiger partial charge is 0.287 e. The summed E-state index contributed by atoms with van der Waals surface area (Å²) in [6, 6.07) is 5.80. The summed E-state index contributed by atoms with van der Waals surface area (Å²) in [5, 5.41) is 7.72. The zero-order chi connectivity index (χ0) is 13.8. The fraction of sp³-hybridized carbons (Fsp3) is 0.0833. The van der Waals surface area contributed by atoms with Crippen LogP contribution < -0.4 is 11.0 Å². The van der Waals surface area contributed by atoms with E-state index < -0.39 is 5.56 Å². The minimum atomic E-state index is -0.413. The first-order chi connectivity index (χ1) is 9.08. The highest BCUT2D eigenvalue weighted by Crippen LogP contribution is 2.14. The zero-order valence-electron chi connectivity index (χ0n) is 9.97. The van der Waals surface area contributed by atoms with Gasteiger partial charge in [-0.1, -0.05) is 23.7 Å². The molecule has 98 valence electrons. The van der Waals surface area contributed by atoms with Crippen molar-refractivity contribution in [3.05, 3.63) is 57.2 Å². The van der Waals surface area contributed by atoms with E-state index >= 15 is 0 Å². The number of hydrogen-bond donors (Lipinski definition) is 1. The number of hydrogen-bond acceptors (Lipinski definition) is 4. The van der Waals surface area contributed by atoms with Crippen LogP contribution in [0.4, 0.5) is 10.1 Å². The van der Waals surface area contributed by atoms with Gasteiger partial charge in [-0.15, -0.1) is 0 Å². The Bertz CT molecular complexity index is 666. The van der Waals surface area contributed by atoms with Crippen molar-refractivity contribution < 1.29 is 4.39 Å². The lowest BCUT2D eigenvalue weighted by atomic mass is 10.2. The first-order valence-corrected chi connectivity index (χ1v) is 5.72. The highest BCUT2D eigenvalue weighted by atomic mass is 35.5. The standard InChI is InChI=1S/C12H10ClFN4O/c1-18-12(19)11(13)10(7-16-18)17-15-6-8-2-4-9(14)5-3-8/h2-7,17H,1H3/b15-6-. The summed E-state index contributed by atoms with van der Waals surface area (Å²) >= 11 is 5.84. The van der Waals surface area contributed by atoms with Crippen LogP contribution in [0.15, 0.2) is 40.4 Å². The molecule has 0 aliphatic heterocycles. The molecule has 19 heavy (non-hydrogen) atoms. The van der Waals surface area contributed by atoms with Crippen LogP contribution in [0.2, 0.25) is 5.02 Å². The predicted octanol–water partition coefficient (Wildman–Crippen LogP) is 2.02. The lowest BCUT2D eigenvalue weighted by molar-refractivity contribution is 0.628. The maximum atomic E-state index is 12.7. The van der Waals surface area contributed by atoms with E-state index in [0.717, 1.165) is 4.68 Å². The molecule has 0 saturated heterocycles. The summed E-state index contributed by atoms with van der Waals surface area (Å²) in [5.41, 5.74) is 3.22. The molecule has 1 aromatic carbocycles. The average Bonchev–Trinajstić information content (AvgIpc) is 2.41. The summed E-state index contributed by atoms with van der Waals surface area (Å²) in [7, 11) is 1.50. The van der Waals surface area contributed by atoms with E-state index in [-0.39, 0.29) is 10.8 Å². The van der Waals surface area contributed by atoms with Gasteiger partial charge < -0.3 is 0 Å². The van der Waals surface area contributed by atoms with Crippen molar-refractivity contribution >= 4 is 23.5 Å². The second-order valence-electron chi connectivity index (χ2n) is 3.72. The van der Waals surface area contributed by atoms with Crippen LogP contribution in [0.25, 0.3) is 0 Å². The van der Waals surface area contributed by atoms with Gasteiger partial charge in [-0.25, -0.2) is 9.07 Å². The molecule has 0 aliphatic rings. The second-order valence-corrected chi connectivity index (χ2v) is 4.10. The summed E-state index contributed by atoms with van der Waals surface area (Å²) < 4.78 is 13.8. The molecule has 0 unspecified atom stereocenters. The van der Waals surface area contributed by atoms with Gasteiger partial charge in [0, 0.05) is 7.05 Å². The van der Waals surface area contributed by atoms with Gasteiger partial charge in [0.05, 0.1) is 12.4 Å². The molecule has 0 aliphatic carbocycles. The van der Waals surface area contributed by atoms with E-state index in [1.54, 1.807) is 12.1 Å². The van der Waals surface area contributed by atoms with Gasteiger partial charge in [-0.05, 0) is 17.7 Å². The van der Waals surface area contributed by atoms with Crippen LogP contribution in [-0.4, -0.2) is 16.0 Å². The van der Waals surface area contributed by atoms with Crippen molar-refractivity contribution in [3.8, 4) is 0 Å². The summed E-state index contributed by atoms with van der Waals surface area (Å²) in [6.07, 6.45) is 2.87. The third-order valence-electron chi connectivity index (χ3n) is 2.35. The zero-order valence-corrected chi connectivity index (χ0v) is 10.7. The maximum Gasteiger partial charge on any atom is 0.287 e. The number of benzene rings is 1. The first-order valence-electron chi connectivity index (χ1n) is 5.34. The molecule has 0 spiro atoms. The number of halogens is 2. The molecule has 0 radical (unpaired) electrons. The predicted molar refractivity (Wildman–Crippen MR) is 72.1 cm³/mol. The lowest BCUT2D eigenvalue weighted by Crippen LogP contribution is -2.20. The molecule has 1 N–H and O–H groups in total. The number of hydrazone groups is 1. The van der Waals surface area contributed by atoms with Crippen molar-refractivity contribution in [2.24, 2.45) is 12.1 Å². The van der Waals surface area contributed by atoms with E-state index in [0.29, 0.717) is 11.3 Å². The van der Waals surface area contributed by atoms with Gasteiger partial charge in [0.2, 0.25) is 0 Å². The highest BCUT2D eigenvalue weighted by Gasteiger charge is 2.05. The number of nitrogens with one attached hydrogen (secondary N) is 1. The molecule has 0 bridgehead atoms. The van der Waals surface area contributed by atoms with E-state index in [1.165, 1.54) is 31.6 Å². The smallest absolute Gasteiger partial charge is 0.275 e. The number of rotatable bonds is 3. The van der Waals surface area contributed by atoms with Crippen LogP contribution in [0.3, 0.4) is 0 Å². The SMILES string of the molecule is Cn1ncc(N/N=C\c2ccc(F)cc2)c(Cl)c1=O. The fourth-order valence-electron chi connectivity index (χ4n) is 1.31. The van der Waals surface area contributed by atoms with E-state index in [4.69, 9.17) is 11.6 Å². The van der Waals surface area contributed by atoms with E-state index in [1.807, 2.05) is 0 Å². The Morgan fingerprint density at radius 1 is 1.42 bits per heavy atom. The fourth-order valence-corrected chi connectivity index (χ4v) is 1.53. The van der Waals surface area contributed by atoms with Gasteiger partial charge >= 0.3 is 0 Å². The average molecular weight is 281 g/mol. The second kappa shape index (κ2) is 5.62. The molecule has 2 rings (SSSR count). The van der Waals surface area contributed by atoms with Gasteiger partial charge in [-0.2, -0.15) is 10.2 Å². The molecule has 7 heteroatoms. The summed E-state index contributed by atoms with van der Waals surface area (Å²) in [6.45, 7) is 0. The van der Waals surface area contributed by atoms with E-state index in [9.17, 15) is 9.18 Å². The van der Waals surface area contributed by atoms with Crippen LogP contribution in [0.1, 0.15) is 5.56 Å². The molecular formula is C12H10ClFN4O. The molecule has 1 aromatic heterocycles. The molecule has 5 nitrogen and oxygen atoms in total. The Morgan fingerprint density at radius 3 is 2.79 bits per heavy atom. The number of aromatic nitrogens is 2. The van der Waals surface area contributed by atoms with Crippen LogP contribution >= 0.6 is 11.6 Å². The molecule has 0 fully saturated rings. The Balaban J connectivity index is 2.13. The van der Waals surface area contributed by atoms with Crippen molar-refractivity contribution in [1.29, 1.82) is 0 Å². The van der Waals surface area contributed by atoms with Crippen LogP contribution in [0, 0.1) is 5.82 Å². The molecule has 1 heterocycles. The third kappa shape index (κ3) is 3.17. The van der Waals surface area contributed by atoms with Crippen molar-refractivity contribution in [1.82, 2.24) is 9.78 Å². The Hall–Kier alpha value is -2.21. The third-order valence-corrected chi connectivity index (χ3v) is 2.71. The van der Waals surface area contributed by atoms with Crippen molar-refractivity contribution in [2.45, 2.75) is 0 Å². The molecule has 0 atom stereocenters.